The van der Waals surface area contributed by atoms with Crippen LogP contribution in [0.2, 0.25) is 0 Å². The highest BCUT2D eigenvalue weighted by molar-refractivity contribution is 9.10. The summed E-state index contributed by atoms with van der Waals surface area (Å²) in [6.07, 6.45) is 1.10. The van der Waals surface area contributed by atoms with Crippen molar-refractivity contribution < 1.29 is 5.11 Å². The Hall–Kier alpha value is -0.580. The number of nitrogens with one attached hydrogen (secondary N) is 1. The molecule has 0 aliphatic carbocycles. The van der Waals surface area contributed by atoms with Gasteiger partial charge in [0.15, 0.2) is 0 Å². The first-order valence-electron chi connectivity index (χ1n) is 6.49. The predicted molar refractivity (Wildman–Crippen MR) is 79.2 cm³/mol. The fraction of sp³-hybridized carbons (Fsp3) is 0.571. The molecule has 0 amide bonds. The maximum Gasteiger partial charge on any atom is 0.0647 e. The van der Waals surface area contributed by atoms with Crippen LogP contribution in [0.4, 0.5) is 5.69 Å². The molecule has 2 unspecified atom stereocenters. The van der Waals surface area contributed by atoms with Gasteiger partial charge in [0.1, 0.15) is 0 Å². The number of aryl methyl sites for hydroxylation is 1. The minimum Gasteiger partial charge on any atom is -0.394 e. The molecule has 0 radical (unpaired) electrons. The molecule has 1 aromatic rings. The Labute approximate surface area is 117 Å². The monoisotopic (exact) mass is 312 g/mol. The lowest BCUT2D eigenvalue weighted by Gasteiger charge is -2.31. The molecule has 1 aliphatic heterocycles. The van der Waals surface area contributed by atoms with Gasteiger partial charge < -0.3 is 15.3 Å². The van der Waals surface area contributed by atoms with E-state index in [1.54, 1.807) is 0 Å². The molecule has 1 heterocycles. The van der Waals surface area contributed by atoms with Crippen LogP contribution < -0.4 is 10.2 Å². The van der Waals surface area contributed by atoms with Gasteiger partial charge >= 0.3 is 0 Å². The average Bonchev–Trinajstić information content (AvgIpc) is 2.51. The number of halogens is 1. The van der Waals surface area contributed by atoms with Gasteiger partial charge in [-0.1, -0.05) is 15.9 Å². The second-order valence-electron chi connectivity index (χ2n) is 5.06. The Morgan fingerprint density at radius 2 is 2.28 bits per heavy atom. The van der Waals surface area contributed by atoms with Crippen LogP contribution in [0.1, 0.15) is 18.9 Å². The maximum atomic E-state index is 9.59. The Bertz CT molecular complexity index is 411. The van der Waals surface area contributed by atoms with Crippen LogP contribution in [-0.4, -0.2) is 36.9 Å². The molecule has 0 bridgehead atoms. The van der Waals surface area contributed by atoms with Crippen LogP contribution in [0.15, 0.2) is 22.7 Å². The van der Waals surface area contributed by atoms with Gasteiger partial charge in [0.05, 0.1) is 12.6 Å². The van der Waals surface area contributed by atoms with Crippen molar-refractivity contribution in [3.05, 3.63) is 28.2 Å². The first-order valence-corrected chi connectivity index (χ1v) is 7.28. The third-order valence-electron chi connectivity index (χ3n) is 3.62. The van der Waals surface area contributed by atoms with Crippen molar-refractivity contribution in [1.82, 2.24) is 5.32 Å². The summed E-state index contributed by atoms with van der Waals surface area (Å²) in [7, 11) is 0. The Morgan fingerprint density at radius 1 is 1.50 bits per heavy atom. The molecule has 1 aliphatic rings. The highest BCUT2D eigenvalue weighted by atomic mass is 79.9. The fourth-order valence-corrected chi connectivity index (χ4v) is 2.96. The SMILES string of the molecule is Cc1cc(Br)ccc1N1CCC(C)NCC1CO. The molecule has 1 saturated heterocycles. The van der Waals surface area contributed by atoms with Crippen molar-refractivity contribution in [1.29, 1.82) is 0 Å². The molecule has 0 saturated carbocycles. The van der Waals surface area contributed by atoms with E-state index in [2.05, 4.69) is 58.2 Å². The molecule has 0 aromatic heterocycles. The van der Waals surface area contributed by atoms with Crippen LogP contribution >= 0.6 is 15.9 Å². The Morgan fingerprint density at radius 3 is 2.94 bits per heavy atom. The van der Waals surface area contributed by atoms with Crippen LogP contribution in [0.5, 0.6) is 0 Å². The first-order chi connectivity index (χ1) is 8.61. The van der Waals surface area contributed by atoms with Gasteiger partial charge in [-0.15, -0.1) is 0 Å². The third kappa shape index (κ3) is 3.05. The zero-order valence-corrected chi connectivity index (χ0v) is 12.6. The lowest BCUT2D eigenvalue weighted by Crippen LogP contribution is -2.43. The minimum absolute atomic E-state index is 0.162. The molecule has 100 valence electrons. The fourth-order valence-electron chi connectivity index (χ4n) is 2.49. The van der Waals surface area contributed by atoms with Crippen LogP contribution in [0.3, 0.4) is 0 Å². The summed E-state index contributed by atoms with van der Waals surface area (Å²) < 4.78 is 1.10. The molecular formula is C14H21BrN2O. The number of aliphatic hydroxyl groups is 1. The summed E-state index contributed by atoms with van der Waals surface area (Å²) in [5, 5.41) is 13.1. The van der Waals surface area contributed by atoms with E-state index in [1.807, 2.05) is 0 Å². The first kappa shape index (κ1) is 13.8. The maximum absolute atomic E-state index is 9.59. The Kier molecular flexibility index (Phi) is 4.65. The van der Waals surface area contributed by atoms with E-state index in [-0.39, 0.29) is 12.6 Å². The lowest BCUT2D eigenvalue weighted by atomic mass is 10.1. The molecule has 2 N–H and O–H groups in total. The van der Waals surface area contributed by atoms with Gasteiger partial charge in [-0.05, 0) is 44.0 Å². The zero-order chi connectivity index (χ0) is 13.1. The summed E-state index contributed by atoms with van der Waals surface area (Å²) in [5.41, 5.74) is 2.48. The van der Waals surface area contributed by atoms with Crippen molar-refractivity contribution in [2.45, 2.75) is 32.4 Å². The molecule has 4 heteroatoms. The summed E-state index contributed by atoms with van der Waals surface area (Å²) >= 11 is 3.50. The normalized spacial score (nSPS) is 25.0. The largest absolute Gasteiger partial charge is 0.394 e. The Balaban J connectivity index is 2.27. The highest BCUT2D eigenvalue weighted by Crippen LogP contribution is 2.26. The predicted octanol–water partition coefficient (Wildman–Crippen LogP) is 2.31. The standard InChI is InChI=1S/C14H21BrN2O/c1-10-7-12(15)3-4-14(10)17-6-5-11(2)16-8-13(17)9-18/h3-4,7,11,13,16,18H,5-6,8-9H2,1-2H3. The number of anilines is 1. The number of hydrogen-bond donors (Lipinski definition) is 2. The van der Waals surface area contributed by atoms with E-state index in [9.17, 15) is 5.11 Å². The molecule has 1 aromatic carbocycles. The summed E-state index contributed by atoms with van der Waals surface area (Å²) in [4.78, 5) is 2.33. The van der Waals surface area contributed by atoms with Gasteiger partial charge in [0.25, 0.3) is 0 Å². The number of hydrogen-bond acceptors (Lipinski definition) is 3. The van der Waals surface area contributed by atoms with Gasteiger partial charge in [-0.25, -0.2) is 0 Å². The average molecular weight is 313 g/mol. The summed E-state index contributed by atoms with van der Waals surface area (Å²) in [6, 6.07) is 7.01. The summed E-state index contributed by atoms with van der Waals surface area (Å²) in [6.45, 7) is 6.34. The molecule has 2 rings (SSSR count). The van der Waals surface area contributed by atoms with E-state index in [0.717, 1.165) is 24.0 Å². The molecule has 3 nitrogen and oxygen atoms in total. The molecular weight excluding hydrogens is 292 g/mol. The molecule has 2 atom stereocenters. The van der Waals surface area contributed by atoms with E-state index in [4.69, 9.17) is 0 Å². The number of rotatable bonds is 2. The van der Waals surface area contributed by atoms with Gasteiger partial charge in [-0.2, -0.15) is 0 Å². The smallest absolute Gasteiger partial charge is 0.0647 e. The molecule has 18 heavy (non-hydrogen) atoms. The lowest BCUT2D eigenvalue weighted by molar-refractivity contribution is 0.259. The summed E-state index contributed by atoms with van der Waals surface area (Å²) in [5.74, 6) is 0. The van der Waals surface area contributed by atoms with Crippen LogP contribution in [0.25, 0.3) is 0 Å². The van der Waals surface area contributed by atoms with E-state index in [1.165, 1.54) is 11.3 Å². The third-order valence-corrected chi connectivity index (χ3v) is 4.12. The minimum atomic E-state index is 0.162. The van der Waals surface area contributed by atoms with Crippen LogP contribution in [0, 0.1) is 6.92 Å². The second kappa shape index (κ2) is 6.04. The second-order valence-corrected chi connectivity index (χ2v) is 5.97. The van der Waals surface area contributed by atoms with Gasteiger partial charge in [0.2, 0.25) is 0 Å². The number of aliphatic hydroxyl groups excluding tert-OH is 1. The highest BCUT2D eigenvalue weighted by Gasteiger charge is 2.23. The van der Waals surface area contributed by atoms with E-state index >= 15 is 0 Å². The van der Waals surface area contributed by atoms with Gasteiger partial charge in [0, 0.05) is 29.3 Å². The van der Waals surface area contributed by atoms with Crippen molar-refractivity contribution in [3.8, 4) is 0 Å². The topological polar surface area (TPSA) is 35.5 Å². The van der Waals surface area contributed by atoms with Crippen molar-refractivity contribution >= 4 is 21.6 Å². The van der Waals surface area contributed by atoms with E-state index < -0.39 is 0 Å². The van der Waals surface area contributed by atoms with Crippen molar-refractivity contribution in [3.63, 3.8) is 0 Å². The van der Waals surface area contributed by atoms with Gasteiger partial charge in [-0.3, -0.25) is 0 Å². The number of benzene rings is 1. The quantitative estimate of drug-likeness (QED) is 0.879. The van der Waals surface area contributed by atoms with Crippen molar-refractivity contribution in [2.75, 3.05) is 24.6 Å². The zero-order valence-electron chi connectivity index (χ0n) is 11.0. The van der Waals surface area contributed by atoms with Crippen LogP contribution in [-0.2, 0) is 0 Å². The number of nitrogens with zero attached hydrogens (tertiary/aromatic N) is 1. The van der Waals surface area contributed by atoms with Crippen molar-refractivity contribution in [2.24, 2.45) is 0 Å². The van der Waals surface area contributed by atoms with E-state index in [0.29, 0.717) is 6.04 Å². The molecule has 1 fully saturated rings. The molecule has 0 spiro atoms.